The third-order valence-corrected chi connectivity index (χ3v) is 3.76. The molecule has 0 bridgehead atoms. The Kier molecular flexibility index (Phi) is 3.29. The highest BCUT2D eigenvalue weighted by atomic mass is 16.3. The largest absolute Gasteiger partial charge is 0.436 e. The van der Waals surface area contributed by atoms with Gasteiger partial charge in [-0.2, -0.15) is 5.26 Å². The SMILES string of the molecule is CC(C)N1CC=C(c2nc3cc(C#N)ccc3o2)CC1. The van der Waals surface area contributed by atoms with Crippen LogP contribution in [0.5, 0.6) is 0 Å². The lowest BCUT2D eigenvalue weighted by atomic mass is 10.1. The van der Waals surface area contributed by atoms with Crippen molar-refractivity contribution >= 4 is 16.7 Å². The molecule has 2 heterocycles. The Hall–Kier alpha value is -2.12. The van der Waals surface area contributed by atoms with Crippen LogP contribution in [0.3, 0.4) is 0 Å². The van der Waals surface area contributed by atoms with Crippen LogP contribution in [0, 0.1) is 11.3 Å². The fourth-order valence-electron chi connectivity index (χ4n) is 2.48. The Labute approximate surface area is 118 Å². The molecule has 0 radical (unpaired) electrons. The van der Waals surface area contributed by atoms with E-state index in [0.29, 0.717) is 17.5 Å². The maximum atomic E-state index is 8.91. The van der Waals surface area contributed by atoms with E-state index < -0.39 is 0 Å². The Balaban J connectivity index is 1.90. The summed E-state index contributed by atoms with van der Waals surface area (Å²) in [5.74, 6) is 0.693. The van der Waals surface area contributed by atoms with Crippen molar-refractivity contribution in [2.75, 3.05) is 13.1 Å². The molecule has 0 atom stereocenters. The van der Waals surface area contributed by atoms with E-state index in [1.807, 2.05) is 6.07 Å². The van der Waals surface area contributed by atoms with Crippen LogP contribution in [0.2, 0.25) is 0 Å². The van der Waals surface area contributed by atoms with Crippen molar-refractivity contribution in [3.8, 4) is 6.07 Å². The number of hydrogen-bond acceptors (Lipinski definition) is 4. The lowest BCUT2D eigenvalue weighted by molar-refractivity contribution is 0.244. The highest BCUT2D eigenvalue weighted by Gasteiger charge is 2.18. The van der Waals surface area contributed by atoms with Gasteiger partial charge in [0.15, 0.2) is 5.58 Å². The van der Waals surface area contributed by atoms with Crippen LogP contribution in [0.15, 0.2) is 28.7 Å². The number of rotatable bonds is 2. The number of nitriles is 1. The molecule has 0 fully saturated rings. The number of aromatic nitrogens is 1. The molecular weight excluding hydrogens is 250 g/mol. The molecule has 0 unspecified atom stereocenters. The number of benzene rings is 1. The van der Waals surface area contributed by atoms with E-state index in [4.69, 9.17) is 9.68 Å². The zero-order valence-electron chi connectivity index (χ0n) is 11.8. The summed E-state index contributed by atoms with van der Waals surface area (Å²) in [5.41, 5.74) is 3.27. The average Bonchev–Trinajstić information content (AvgIpc) is 2.90. The monoisotopic (exact) mass is 267 g/mol. The van der Waals surface area contributed by atoms with Crippen molar-refractivity contribution in [2.24, 2.45) is 0 Å². The van der Waals surface area contributed by atoms with Crippen LogP contribution < -0.4 is 0 Å². The van der Waals surface area contributed by atoms with Gasteiger partial charge >= 0.3 is 0 Å². The van der Waals surface area contributed by atoms with Gasteiger partial charge in [0.25, 0.3) is 0 Å². The predicted octanol–water partition coefficient (Wildman–Crippen LogP) is 3.20. The molecular formula is C16H17N3O. The molecule has 2 aromatic rings. The van der Waals surface area contributed by atoms with Crippen molar-refractivity contribution in [1.82, 2.24) is 9.88 Å². The van der Waals surface area contributed by atoms with E-state index in [1.165, 1.54) is 0 Å². The van der Waals surface area contributed by atoms with Crippen LogP contribution in [0.4, 0.5) is 0 Å². The lowest BCUT2D eigenvalue weighted by Gasteiger charge is -2.28. The van der Waals surface area contributed by atoms with Crippen molar-refractivity contribution in [3.63, 3.8) is 0 Å². The minimum Gasteiger partial charge on any atom is -0.436 e. The highest BCUT2D eigenvalue weighted by molar-refractivity contribution is 5.77. The van der Waals surface area contributed by atoms with E-state index in [1.54, 1.807) is 12.1 Å². The van der Waals surface area contributed by atoms with Gasteiger partial charge in [-0.05, 0) is 38.5 Å². The second-order valence-corrected chi connectivity index (χ2v) is 5.38. The van der Waals surface area contributed by atoms with Crippen molar-refractivity contribution in [3.05, 3.63) is 35.7 Å². The molecule has 1 aromatic carbocycles. The lowest BCUT2D eigenvalue weighted by Crippen LogP contribution is -2.34. The second kappa shape index (κ2) is 5.10. The van der Waals surface area contributed by atoms with Crippen molar-refractivity contribution < 1.29 is 4.42 Å². The Morgan fingerprint density at radius 1 is 1.40 bits per heavy atom. The van der Waals surface area contributed by atoms with Gasteiger partial charge in [0, 0.05) is 24.7 Å². The van der Waals surface area contributed by atoms with Crippen LogP contribution in [0.1, 0.15) is 31.7 Å². The summed E-state index contributed by atoms with van der Waals surface area (Å²) in [4.78, 5) is 6.93. The summed E-state index contributed by atoms with van der Waals surface area (Å²) in [7, 11) is 0. The summed E-state index contributed by atoms with van der Waals surface area (Å²) in [5, 5.41) is 8.91. The molecule has 3 rings (SSSR count). The Morgan fingerprint density at radius 3 is 2.90 bits per heavy atom. The van der Waals surface area contributed by atoms with E-state index in [9.17, 15) is 0 Å². The van der Waals surface area contributed by atoms with E-state index in [-0.39, 0.29) is 0 Å². The molecule has 0 saturated carbocycles. The Morgan fingerprint density at radius 2 is 2.25 bits per heavy atom. The van der Waals surface area contributed by atoms with Gasteiger partial charge < -0.3 is 4.42 Å². The van der Waals surface area contributed by atoms with Gasteiger partial charge in [0.1, 0.15) is 5.52 Å². The second-order valence-electron chi connectivity index (χ2n) is 5.38. The predicted molar refractivity (Wildman–Crippen MR) is 78.0 cm³/mol. The molecule has 1 aliphatic heterocycles. The molecule has 4 heteroatoms. The summed E-state index contributed by atoms with van der Waals surface area (Å²) >= 11 is 0. The number of nitrogens with zero attached hydrogens (tertiary/aromatic N) is 3. The molecule has 0 amide bonds. The first-order valence-corrected chi connectivity index (χ1v) is 6.91. The van der Waals surface area contributed by atoms with Gasteiger partial charge in [-0.1, -0.05) is 6.08 Å². The molecule has 0 saturated heterocycles. The van der Waals surface area contributed by atoms with Crippen molar-refractivity contribution in [2.45, 2.75) is 26.3 Å². The Bertz CT molecular complexity index is 706. The molecule has 1 aromatic heterocycles. The number of fused-ring (bicyclic) bond motifs is 1. The standard InChI is InChI=1S/C16H17N3O/c1-11(2)19-7-5-13(6-8-19)16-18-14-9-12(10-17)3-4-15(14)20-16/h3-5,9,11H,6-8H2,1-2H3. The summed E-state index contributed by atoms with van der Waals surface area (Å²) in [6, 6.07) is 8.03. The zero-order valence-corrected chi connectivity index (χ0v) is 11.8. The fraction of sp³-hybridized carbons (Fsp3) is 0.375. The molecule has 0 spiro atoms. The summed E-state index contributed by atoms with van der Waals surface area (Å²) < 4.78 is 5.80. The van der Waals surface area contributed by atoms with Gasteiger partial charge in [-0.15, -0.1) is 0 Å². The average molecular weight is 267 g/mol. The zero-order chi connectivity index (χ0) is 14.1. The first-order valence-electron chi connectivity index (χ1n) is 6.91. The maximum Gasteiger partial charge on any atom is 0.222 e. The van der Waals surface area contributed by atoms with E-state index >= 15 is 0 Å². The molecule has 20 heavy (non-hydrogen) atoms. The third-order valence-electron chi connectivity index (χ3n) is 3.76. The maximum absolute atomic E-state index is 8.91. The fourth-order valence-corrected chi connectivity index (χ4v) is 2.48. The summed E-state index contributed by atoms with van der Waals surface area (Å²) in [6.07, 6.45) is 3.15. The minimum absolute atomic E-state index is 0.564. The molecule has 0 aliphatic carbocycles. The first kappa shape index (κ1) is 12.9. The molecule has 1 aliphatic rings. The first-order chi connectivity index (χ1) is 9.67. The molecule has 0 N–H and O–H groups in total. The van der Waals surface area contributed by atoms with E-state index in [0.717, 1.165) is 36.2 Å². The highest BCUT2D eigenvalue weighted by Crippen LogP contribution is 2.26. The van der Waals surface area contributed by atoms with Crippen LogP contribution >= 0.6 is 0 Å². The van der Waals surface area contributed by atoms with Gasteiger partial charge in [0.05, 0.1) is 11.6 Å². The van der Waals surface area contributed by atoms with Crippen molar-refractivity contribution in [1.29, 1.82) is 5.26 Å². The number of oxazole rings is 1. The van der Waals surface area contributed by atoms with Crippen LogP contribution in [-0.2, 0) is 0 Å². The normalized spacial score (nSPS) is 16.4. The number of hydrogen-bond donors (Lipinski definition) is 0. The van der Waals surface area contributed by atoms with Gasteiger partial charge in [0.2, 0.25) is 5.89 Å². The topological polar surface area (TPSA) is 53.1 Å². The van der Waals surface area contributed by atoms with Crippen LogP contribution in [0.25, 0.3) is 16.7 Å². The third kappa shape index (κ3) is 2.33. The summed E-state index contributed by atoms with van der Waals surface area (Å²) in [6.45, 7) is 6.39. The van der Waals surface area contributed by atoms with Crippen LogP contribution in [-0.4, -0.2) is 29.0 Å². The molecule has 4 nitrogen and oxygen atoms in total. The minimum atomic E-state index is 0.564. The van der Waals surface area contributed by atoms with Gasteiger partial charge in [-0.3, -0.25) is 4.90 Å². The smallest absolute Gasteiger partial charge is 0.222 e. The molecule has 102 valence electrons. The van der Waals surface area contributed by atoms with E-state index in [2.05, 4.69) is 35.9 Å². The van der Waals surface area contributed by atoms with Gasteiger partial charge in [-0.25, -0.2) is 4.98 Å². The quantitative estimate of drug-likeness (QED) is 0.838.